The number of thioether (sulfide) groups is 1. The van der Waals surface area contributed by atoms with Crippen LogP contribution in [0, 0.1) is 11.3 Å². The van der Waals surface area contributed by atoms with Crippen LogP contribution in [0.15, 0.2) is 0 Å². The monoisotopic (exact) mass is 159 g/mol. The van der Waals surface area contributed by atoms with Crippen molar-refractivity contribution in [1.82, 2.24) is 0 Å². The molecule has 2 atom stereocenters. The van der Waals surface area contributed by atoms with Crippen molar-refractivity contribution in [1.29, 1.82) is 0 Å². The Labute approximate surface area is 67.8 Å². The lowest BCUT2D eigenvalue weighted by Crippen LogP contribution is -2.06. The third kappa shape index (κ3) is 1.32. The van der Waals surface area contributed by atoms with Crippen LogP contribution >= 0.6 is 11.8 Å². The molecule has 0 radical (unpaired) electrons. The molecule has 10 heavy (non-hydrogen) atoms. The van der Waals surface area contributed by atoms with Gasteiger partial charge in [-0.1, -0.05) is 13.8 Å². The highest BCUT2D eigenvalue weighted by molar-refractivity contribution is 7.98. The van der Waals surface area contributed by atoms with Gasteiger partial charge in [-0.15, -0.1) is 0 Å². The zero-order valence-electron chi connectivity index (χ0n) is 7.05. The second-order valence-electron chi connectivity index (χ2n) is 3.74. The van der Waals surface area contributed by atoms with Gasteiger partial charge in [-0.05, 0) is 29.8 Å². The van der Waals surface area contributed by atoms with Gasteiger partial charge < -0.3 is 5.73 Å². The first-order valence-electron chi connectivity index (χ1n) is 3.85. The molecular weight excluding hydrogens is 142 g/mol. The molecule has 0 heterocycles. The molecule has 2 N–H and O–H groups in total. The van der Waals surface area contributed by atoms with Gasteiger partial charge in [-0.2, -0.15) is 11.8 Å². The zero-order valence-corrected chi connectivity index (χ0v) is 7.87. The summed E-state index contributed by atoms with van der Waals surface area (Å²) in [5, 5.41) is 0. The highest BCUT2D eigenvalue weighted by Gasteiger charge is 2.54. The Balaban J connectivity index is 2.22. The standard InChI is InChI=1S/C8H17NS/c1-8(2)6(7(8)9)4-5-10-3/h6-7H,4-5,9H2,1-3H3. The summed E-state index contributed by atoms with van der Waals surface area (Å²) in [6.07, 6.45) is 3.45. The first-order valence-corrected chi connectivity index (χ1v) is 5.24. The molecular formula is C8H17NS. The molecule has 0 aromatic heterocycles. The van der Waals surface area contributed by atoms with E-state index in [1.807, 2.05) is 11.8 Å². The van der Waals surface area contributed by atoms with Crippen molar-refractivity contribution in [3.05, 3.63) is 0 Å². The van der Waals surface area contributed by atoms with E-state index in [1.165, 1.54) is 12.2 Å². The molecule has 0 amide bonds. The van der Waals surface area contributed by atoms with Crippen molar-refractivity contribution in [2.75, 3.05) is 12.0 Å². The highest BCUT2D eigenvalue weighted by atomic mass is 32.2. The maximum absolute atomic E-state index is 5.88. The summed E-state index contributed by atoms with van der Waals surface area (Å²) in [6.45, 7) is 4.53. The third-order valence-corrected chi connectivity index (χ3v) is 3.42. The largest absolute Gasteiger partial charge is 0.327 e. The van der Waals surface area contributed by atoms with Crippen LogP contribution < -0.4 is 5.73 Å². The molecule has 0 bridgehead atoms. The Kier molecular flexibility index (Phi) is 2.31. The van der Waals surface area contributed by atoms with E-state index < -0.39 is 0 Å². The summed E-state index contributed by atoms with van der Waals surface area (Å²) in [5.74, 6) is 2.06. The van der Waals surface area contributed by atoms with Crippen LogP contribution in [-0.2, 0) is 0 Å². The molecule has 1 nitrogen and oxygen atoms in total. The molecule has 0 spiro atoms. The minimum atomic E-state index is 0.440. The van der Waals surface area contributed by atoms with Gasteiger partial charge in [0.05, 0.1) is 0 Å². The molecule has 0 aromatic rings. The van der Waals surface area contributed by atoms with E-state index in [0.29, 0.717) is 11.5 Å². The third-order valence-electron chi connectivity index (χ3n) is 2.77. The van der Waals surface area contributed by atoms with Gasteiger partial charge in [-0.3, -0.25) is 0 Å². The normalized spacial score (nSPS) is 36.0. The molecule has 0 saturated heterocycles. The maximum atomic E-state index is 5.88. The molecule has 2 heteroatoms. The SMILES string of the molecule is CSCCC1C(N)C1(C)C. The van der Waals surface area contributed by atoms with Crippen LogP contribution in [0.25, 0.3) is 0 Å². The van der Waals surface area contributed by atoms with Gasteiger partial charge in [0.25, 0.3) is 0 Å². The van der Waals surface area contributed by atoms with Crippen LogP contribution in [0.3, 0.4) is 0 Å². The van der Waals surface area contributed by atoms with Crippen LogP contribution in [0.4, 0.5) is 0 Å². The number of hydrogen-bond donors (Lipinski definition) is 1. The van der Waals surface area contributed by atoms with Crippen molar-refractivity contribution in [3.8, 4) is 0 Å². The number of hydrogen-bond acceptors (Lipinski definition) is 2. The fourth-order valence-electron chi connectivity index (χ4n) is 1.58. The van der Waals surface area contributed by atoms with E-state index in [0.717, 1.165) is 5.92 Å². The smallest absolute Gasteiger partial charge is 0.0128 e. The molecule has 1 aliphatic rings. The Bertz CT molecular complexity index is 122. The fourth-order valence-corrected chi connectivity index (χ4v) is 2.07. The van der Waals surface area contributed by atoms with Crippen LogP contribution in [0.5, 0.6) is 0 Å². The van der Waals surface area contributed by atoms with Gasteiger partial charge >= 0.3 is 0 Å². The van der Waals surface area contributed by atoms with Crippen molar-refractivity contribution in [2.45, 2.75) is 26.3 Å². The second-order valence-corrected chi connectivity index (χ2v) is 4.72. The van der Waals surface area contributed by atoms with Gasteiger partial charge in [0.15, 0.2) is 0 Å². The van der Waals surface area contributed by atoms with Crippen LogP contribution in [0.2, 0.25) is 0 Å². The van der Waals surface area contributed by atoms with Gasteiger partial charge in [0, 0.05) is 6.04 Å². The summed E-state index contributed by atoms with van der Waals surface area (Å²) in [7, 11) is 0. The lowest BCUT2D eigenvalue weighted by molar-refractivity contribution is 0.546. The average molecular weight is 159 g/mol. The molecule has 1 rings (SSSR count). The van der Waals surface area contributed by atoms with E-state index in [4.69, 9.17) is 5.73 Å². The van der Waals surface area contributed by atoms with Crippen molar-refractivity contribution in [2.24, 2.45) is 17.1 Å². The van der Waals surface area contributed by atoms with Gasteiger partial charge in [0.2, 0.25) is 0 Å². The van der Waals surface area contributed by atoms with E-state index in [9.17, 15) is 0 Å². The van der Waals surface area contributed by atoms with E-state index >= 15 is 0 Å². The zero-order chi connectivity index (χ0) is 7.78. The molecule has 60 valence electrons. The Morgan fingerprint density at radius 2 is 2.00 bits per heavy atom. The summed E-state index contributed by atoms with van der Waals surface area (Å²) in [4.78, 5) is 0. The topological polar surface area (TPSA) is 26.0 Å². The summed E-state index contributed by atoms with van der Waals surface area (Å²) < 4.78 is 0. The molecule has 1 fully saturated rings. The minimum Gasteiger partial charge on any atom is -0.327 e. The lowest BCUT2D eigenvalue weighted by Gasteiger charge is -1.99. The molecule has 1 saturated carbocycles. The second kappa shape index (κ2) is 2.74. The number of nitrogens with two attached hydrogens (primary N) is 1. The van der Waals surface area contributed by atoms with Gasteiger partial charge in [-0.25, -0.2) is 0 Å². The summed E-state index contributed by atoms with van der Waals surface area (Å²) in [5.41, 5.74) is 6.32. The van der Waals surface area contributed by atoms with E-state index in [1.54, 1.807) is 0 Å². The fraction of sp³-hybridized carbons (Fsp3) is 1.00. The quantitative estimate of drug-likeness (QED) is 0.678. The van der Waals surface area contributed by atoms with E-state index in [2.05, 4.69) is 20.1 Å². The number of rotatable bonds is 3. The lowest BCUT2D eigenvalue weighted by atomic mass is 10.1. The highest BCUT2D eigenvalue weighted by Crippen LogP contribution is 2.52. The molecule has 1 aliphatic carbocycles. The van der Waals surface area contributed by atoms with Crippen molar-refractivity contribution in [3.63, 3.8) is 0 Å². The molecule has 0 aliphatic heterocycles. The van der Waals surface area contributed by atoms with Crippen molar-refractivity contribution < 1.29 is 0 Å². The van der Waals surface area contributed by atoms with Crippen molar-refractivity contribution >= 4 is 11.8 Å². The summed E-state index contributed by atoms with van der Waals surface area (Å²) in [6, 6.07) is 0.472. The predicted molar refractivity (Wildman–Crippen MR) is 48.2 cm³/mol. The molecule has 2 unspecified atom stereocenters. The first kappa shape index (κ1) is 8.41. The Morgan fingerprint density at radius 3 is 2.30 bits per heavy atom. The first-order chi connectivity index (χ1) is 4.60. The van der Waals surface area contributed by atoms with Gasteiger partial charge in [0.1, 0.15) is 0 Å². The van der Waals surface area contributed by atoms with Crippen LogP contribution in [0.1, 0.15) is 20.3 Å². The Morgan fingerprint density at radius 1 is 1.50 bits per heavy atom. The average Bonchev–Trinajstić information content (AvgIpc) is 2.31. The Hall–Kier alpha value is 0.310. The minimum absolute atomic E-state index is 0.440. The van der Waals surface area contributed by atoms with Crippen LogP contribution in [-0.4, -0.2) is 18.1 Å². The summed E-state index contributed by atoms with van der Waals surface area (Å²) >= 11 is 1.92. The maximum Gasteiger partial charge on any atom is 0.0128 e. The van der Waals surface area contributed by atoms with E-state index in [-0.39, 0.29) is 0 Å². The molecule has 0 aromatic carbocycles. The predicted octanol–water partition coefficient (Wildman–Crippen LogP) is 1.72.